The van der Waals surface area contributed by atoms with E-state index in [1.165, 1.54) is 18.2 Å². The SMILES string of the molecule is C=C(NCCO)C1CC(Cc2c(-c3ccc(F)cc3)[nH]c3c(F)cc(F)cc23)C1. The largest absolute Gasteiger partial charge is 0.395 e. The molecular formula is C23H23F3N2O. The van der Waals surface area contributed by atoms with Crippen LogP contribution < -0.4 is 5.32 Å². The smallest absolute Gasteiger partial charge is 0.150 e. The second-order valence-electron chi connectivity index (χ2n) is 7.71. The third kappa shape index (κ3) is 3.90. The Morgan fingerprint density at radius 3 is 2.52 bits per heavy atom. The highest BCUT2D eigenvalue weighted by molar-refractivity contribution is 5.91. The maximum atomic E-state index is 14.4. The van der Waals surface area contributed by atoms with Crippen LogP contribution in [0, 0.1) is 29.3 Å². The molecule has 29 heavy (non-hydrogen) atoms. The van der Waals surface area contributed by atoms with E-state index in [4.69, 9.17) is 5.11 Å². The summed E-state index contributed by atoms with van der Waals surface area (Å²) in [7, 11) is 0. The number of rotatable bonds is 7. The van der Waals surface area contributed by atoms with Gasteiger partial charge in [0.25, 0.3) is 0 Å². The minimum Gasteiger partial charge on any atom is -0.395 e. The first-order chi connectivity index (χ1) is 14.0. The van der Waals surface area contributed by atoms with Gasteiger partial charge in [0.2, 0.25) is 0 Å². The lowest BCUT2D eigenvalue weighted by Crippen LogP contribution is -2.32. The molecule has 2 aromatic carbocycles. The van der Waals surface area contributed by atoms with Crippen LogP contribution in [0.2, 0.25) is 0 Å². The number of benzene rings is 2. The van der Waals surface area contributed by atoms with E-state index in [1.807, 2.05) is 0 Å². The van der Waals surface area contributed by atoms with Gasteiger partial charge in [0.05, 0.1) is 12.1 Å². The third-order valence-corrected chi connectivity index (χ3v) is 5.75. The predicted molar refractivity (Wildman–Crippen MR) is 108 cm³/mol. The fourth-order valence-electron chi connectivity index (χ4n) is 4.19. The maximum Gasteiger partial charge on any atom is 0.150 e. The van der Waals surface area contributed by atoms with Gasteiger partial charge in [-0.25, -0.2) is 13.2 Å². The molecule has 0 radical (unpaired) electrons. The van der Waals surface area contributed by atoms with E-state index in [2.05, 4.69) is 16.9 Å². The molecule has 0 saturated heterocycles. The summed E-state index contributed by atoms with van der Waals surface area (Å²) in [4.78, 5) is 3.09. The van der Waals surface area contributed by atoms with E-state index in [9.17, 15) is 13.2 Å². The lowest BCUT2D eigenvalue weighted by molar-refractivity contribution is 0.215. The number of hydrogen-bond acceptors (Lipinski definition) is 2. The molecule has 1 saturated carbocycles. The van der Waals surface area contributed by atoms with Gasteiger partial charge < -0.3 is 15.4 Å². The first-order valence-electron chi connectivity index (χ1n) is 9.75. The highest BCUT2D eigenvalue weighted by Gasteiger charge is 2.32. The Balaban J connectivity index is 1.63. The van der Waals surface area contributed by atoms with Crippen molar-refractivity contribution in [1.29, 1.82) is 0 Å². The second-order valence-corrected chi connectivity index (χ2v) is 7.71. The number of aliphatic hydroxyl groups is 1. The minimum atomic E-state index is -0.636. The average Bonchev–Trinajstić information content (AvgIpc) is 3.01. The van der Waals surface area contributed by atoms with Gasteiger partial charge in [0.1, 0.15) is 17.5 Å². The molecule has 1 aromatic heterocycles. The van der Waals surface area contributed by atoms with Gasteiger partial charge >= 0.3 is 0 Å². The van der Waals surface area contributed by atoms with E-state index < -0.39 is 11.6 Å². The maximum absolute atomic E-state index is 14.4. The number of fused-ring (bicyclic) bond motifs is 1. The number of nitrogens with one attached hydrogen (secondary N) is 2. The molecule has 1 fully saturated rings. The van der Waals surface area contributed by atoms with Crippen LogP contribution in [0.3, 0.4) is 0 Å². The van der Waals surface area contributed by atoms with Crippen molar-refractivity contribution in [1.82, 2.24) is 10.3 Å². The Hall–Kier alpha value is -2.73. The number of hydrogen-bond donors (Lipinski definition) is 3. The number of allylic oxidation sites excluding steroid dienone is 1. The fraction of sp³-hybridized carbons (Fsp3) is 0.304. The number of H-pyrrole nitrogens is 1. The van der Waals surface area contributed by atoms with Crippen molar-refractivity contribution in [3.8, 4) is 11.3 Å². The highest BCUT2D eigenvalue weighted by Crippen LogP contribution is 2.42. The molecule has 1 heterocycles. The molecule has 0 unspecified atom stereocenters. The van der Waals surface area contributed by atoms with Crippen molar-refractivity contribution < 1.29 is 18.3 Å². The Morgan fingerprint density at radius 1 is 1.10 bits per heavy atom. The van der Waals surface area contributed by atoms with Crippen molar-refractivity contribution >= 4 is 10.9 Å². The molecule has 0 bridgehead atoms. The van der Waals surface area contributed by atoms with E-state index in [-0.39, 0.29) is 17.9 Å². The average molecular weight is 400 g/mol. The van der Waals surface area contributed by atoms with Gasteiger partial charge in [-0.15, -0.1) is 0 Å². The minimum absolute atomic E-state index is 0.0582. The molecule has 0 aliphatic heterocycles. The van der Waals surface area contributed by atoms with Crippen LogP contribution in [0.4, 0.5) is 13.2 Å². The summed E-state index contributed by atoms with van der Waals surface area (Å²) in [6.07, 6.45) is 2.51. The van der Waals surface area contributed by atoms with E-state index in [1.54, 1.807) is 12.1 Å². The van der Waals surface area contributed by atoms with Gasteiger partial charge in [-0.05, 0) is 72.6 Å². The molecule has 4 rings (SSSR count). The van der Waals surface area contributed by atoms with E-state index >= 15 is 0 Å². The molecule has 0 spiro atoms. The van der Waals surface area contributed by atoms with Crippen molar-refractivity contribution in [2.24, 2.45) is 11.8 Å². The molecule has 3 aromatic rings. The van der Waals surface area contributed by atoms with Gasteiger partial charge in [0.15, 0.2) is 0 Å². The van der Waals surface area contributed by atoms with Crippen molar-refractivity contribution in [3.63, 3.8) is 0 Å². The second kappa shape index (κ2) is 7.95. The Bertz CT molecular complexity index is 1040. The Labute approximate surface area is 167 Å². The van der Waals surface area contributed by atoms with Crippen LogP contribution in [0.25, 0.3) is 22.2 Å². The summed E-state index contributed by atoms with van der Waals surface area (Å²) < 4.78 is 41.6. The summed E-state index contributed by atoms with van der Waals surface area (Å²) >= 11 is 0. The Kier molecular flexibility index (Phi) is 5.37. The predicted octanol–water partition coefficient (Wildman–Crippen LogP) is 4.92. The van der Waals surface area contributed by atoms with Gasteiger partial charge in [0, 0.05) is 29.4 Å². The van der Waals surface area contributed by atoms with Gasteiger partial charge in [-0.3, -0.25) is 0 Å². The van der Waals surface area contributed by atoms with Crippen LogP contribution in [0.15, 0.2) is 48.7 Å². The van der Waals surface area contributed by atoms with Crippen molar-refractivity contribution in [3.05, 3.63) is 71.7 Å². The molecule has 152 valence electrons. The van der Waals surface area contributed by atoms with E-state index in [0.29, 0.717) is 35.9 Å². The summed E-state index contributed by atoms with van der Waals surface area (Å²) in [5.74, 6) is -0.910. The molecular weight excluding hydrogens is 377 g/mol. The number of aliphatic hydroxyl groups excluding tert-OH is 1. The molecule has 6 heteroatoms. The first-order valence-corrected chi connectivity index (χ1v) is 9.75. The number of aromatic nitrogens is 1. The van der Waals surface area contributed by atoms with Crippen LogP contribution >= 0.6 is 0 Å². The van der Waals surface area contributed by atoms with Gasteiger partial charge in [-0.1, -0.05) is 6.58 Å². The summed E-state index contributed by atoms with van der Waals surface area (Å²) in [5, 5.41) is 12.6. The molecule has 0 atom stereocenters. The fourth-order valence-corrected chi connectivity index (χ4v) is 4.19. The zero-order chi connectivity index (χ0) is 20.5. The standard InChI is InChI=1S/C23H23F3N2O/c1-13(27-6-7-29)16-8-14(9-16)10-19-20-11-18(25)12-21(26)23(20)28-22(19)15-2-4-17(24)5-3-15/h2-5,11-12,14,16,27-29H,1,6-10H2. The monoisotopic (exact) mass is 400 g/mol. The van der Waals surface area contributed by atoms with Crippen LogP contribution in [0.5, 0.6) is 0 Å². The normalized spacial score (nSPS) is 18.6. The number of aromatic amines is 1. The van der Waals surface area contributed by atoms with Crippen molar-refractivity contribution in [2.45, 2.75) is 19.3 Å². The molecule has 1 aliphatic carbocycles. The van der Waals surface area contributed by atoms with Crippen LogP contribution in [-0.2, 0) is 6.42 Å². The van der Waals surface area contributed by atoms with Crippen LogP contribution in [-0.4, -0.2) is 23.2 Å². The zero-order valence-electron chi connectivity index (χ0n) is 15.9. The molecule has 3 nitrogen and oxygen atoms in total. The van der Waals surface area contributed by atoms with E-state index in [0.717, 1.165) is 35.7 Å². The van der Waals surface area contributed by atoms with Crippen molar-refractivity contribution in [2.75, 3.05) is 13.2 Å². The summed E-state index contributed by atoms with van der Waals surface area (Å²) in [5.41, 5.74) is 3.48. The van der Waals surface area contributed by atoms with Gasteiger partial charge in [-0.2, -0.15) is 0 Å². The highest BCUT2D eigenvalue weighted by atomic mass is 19.1. The lowest BCUT2D eigenvalue weighted by atomic mass is 9.70. The zero-order valence-corrected chi connectivity index (χ0v) is 15.9. The Morgan fingerprint density at radius 2 is 1.83 bits per heavy atom. The first kappa shape index (κ1) is 19.6. The molecule has 1 aliphatic rings. The quantitative estimate of drug-likeness (QED) is 0.527. The molecule has 0 amide bonds. The lowest BCUT2D eigenvalue weighted by Gasteiger charge is -2.37. The summed E-state index contributed by atoms with van der Waals surface area (Å²) in [6, 6.07) is 8.22. The third-order valence-electron chi connectivity index (χ3n) is 5.75. The van der Waals surface area contributed by atoms with Crippen LogP contribution in [0.1, 0.15) is 18.4 Å². The molecule has 3 N–H and O–H groups in total. The summed E-state index contributed by atoms with van der Waals surface area (Å²) in [6.45, 7) is 4.57. The number of halogens is 3. The topological polar surface area (TPSA) is 48.0 Å².